The number of hydrogen-bond acceptors (Lipinski definition) is 11. The lowest BCUT2D eigenvalue weighted by molar-refractivity contribution is -0.135. The van der Waals surface area contributed by atoms with Crippen molar-refractivity contribution < 1.29 is 23.2 Å². The summed E-state index contributed by atoms with van der Waals surface area (Å²) in [5.41, 5.74) is 3.04. The van der Waals surface area contributed by atoms with Crippen LogP contribution in [-0.2, 0) is 14.4 Å². The summed E-state index contributed by atoms with van der Waals surface area (Å²) in [7, 11) is 0. The number of pyridine rings is 1. The van der Waals surface area contributed by atoms with Crippen LogP contribution in [0.3, 0.4) is 0 Å². The van der Waals surface area contributed by atoms with Crippen molar-refractivity contribution in [2.75, 3.05) is 42.9 Å². The molecule has 2 aromatic carbocycles. The molecular formula is C45H50FN9O6. The van der Waals surface area contributed by atoms with E-state index in [0.29, 0.717) is 40.6 Å². The highest BCUT2D eigenvalue weighted by molar-refractivity contribution is 6.00. The zero-order chi connectivity index (χ0) is 42.0. The second kappa shape index (κ2) is 17.4. The second-order valence-corrected chi connectivity index (χ2v) is 16.9. The molecule has 3 saturated heterocycles. The Kier molecular flexibility index (Phi) is 11.5. The van der Waals surface area contributed by atoms with Crippen molar-refractivity contribution >= 4 is 40.5 Å². The van der Waals surface area contributed by atoms with Gasteiger partial charge in [0.25, 0.3) is 5.56 Å². The maximum Gasteiger partial charge on any atom is 0.420 e. The van der Waals surface area contributed by atoms with Crippen LogP contribution in [0.15, 0.2) is 87.1 Å². The predicted octanol–water partition coefficient (Wildman–Crippen LogP) is 4.79. The minimum absolute atomic E-state index is 0.0270. The van der Waals surface area contributed by atoms with Gasteiger partial charge in [0.1, 0.15) is 11.7 Å². The van der Waals surface area contributed by atoms with Gasteiger partial charge in [-0.1, -0.05) is 24.6 Å². The van der Waals surface area contributed by atoms with Gasteiger partial charge in [0.2, 0.25) is 23.7 Å². The normalized spacial score (nSPS) is 22.0. The number of benzene rings is 2. The zero-order valence-electron chi connectivity index (χ0n) is 33.9. The molecule has 3 N–H and O–H groups in total. The molecule has 1 aliphatic carbocycles. The van der Waals surface area contributed by atoms with Crippen molar-refractivity contribution in [3.8, 4) is 16.9 Å². The van der Waals surface area contributed by atoms with Gasteiger partial charge in [0, 0.05) is 92.4 Å². The fourth-order valence-electron chi connectivity index (χ4n) is 9.59. The minimum Gasteiger partial charge on any atom is -0.408 e. The Balaban J connectivity index is 0.727. The van der Waals surface area contributed by atoms with E-state index < -0.39 is 23.5 Å². The molecule has 0 radical (unpaired) electrons. The standard InChI is InChI=1S/C45H50FN9O6/c46-35-26-47-44(51-41(35)29-5-4-8-34(24-29)54-18-2-1-9-40(54)57)49-32-7-3-6-30(23-32)42(58)48-31-16-19-52(20-17-31)27-28-14-21-53(22-15-28)33-10-11-36-38(25-33)61-45(60)55(36)37-12-13-39(56)50-43(37)59/h1-2,4-5,8-11,18,24-26,28,30-32,37H,3,6-7,12-17,19-23,27H2,(H,48,58)(H,47,49,51)(H,50,56,59)/t30-,32+,37?/m0/s1. The zero-order valence-corrected chi connectivity index (χ0v) is 33.9. The number of anilines is 2. The van der Waals surface area contributed by atoms with Gasteiger partial charge < -0.3 is 24.9 Å². The van der Waals surface area contributed by atoms with Crippen LogP contribution < -0.4 is 32.2 Å². The van der Waals surface area contributed by atoms with Crippen LogP contribution in [0.4, 0.5) is 16.0 Å². The second-order valence-electron chi connectivity index (χ2n) is 16.9. The first-order valence-electron chi connectivity index (χ1n) is 21.5. The Morgan fingerprint density at radius 1 is 0.869 bits per heavy atom. The number of halogens is 1. The summed E-state index contributed by atoms with van der Waals surface area (Å²) in [5.74, 6) is -1.14. The number of rotatable bonds is 10. The van der Waals surface area contributed by atoms with Crippen LogP contribution in [0, 0.1) is 17.7 Å². The largest absolute Gasteiger partial charge is 0.420 e. The minimum atomic E-state index is -0.767. The number of piperidine rings is 3. The lowest BCUT2D eigenvalue weighted by Gasteiger charge is -2.39. The number of nitrogens with zero attached hydrogens (tertiary/aromatic N) is 6. The van der Waals surface area contributed by atoms with Crippen molar-refractivity contribution in [2.24, 2.45) is 11.8 Å². The SMILES string of the molecule is O=C1CCC(n2c(=O)oc3cc(N4CCC(CN5CCC(NC(=O)[C@H]6CCC[C@@H](Nc7ncc(F)c(-c8cccc(-n9ccccc9=O)c8)n7)C6)CC5)CC4)ccc32)C(=O)N1. The van der Waals surface area contributed by atoms with Crippen LogP contribution >= 0.6 is 0 Å². The molecule has 6 heterocycles. The highest BCUT2D eigenvalue weighted by atomic mass is 19.1. The van der Waals surface area contributed by atoms with E-state index in [1.807, 2.05) is 18.2 Å². The fraction of sp³-hybridized carbons (Fsp3) is 0.444. The van der Waals surface area contributed by atoms with Gasteiger partial charge in [-0.15, -0.1) is 0 Å². The topological polar surface area (TPSA) is 177 Å². The average molecular weight is 832 g/mol. The van der Waals surface area contributed by atoms with Crippen LogP contribution in [0.2, 0.25) is 0 Å². The maximum absolute atomic E-state index is 15.1. The number of oxazole rings is 1. The van der Waals surface area contributed by atoms with E-state index in [4.69, 9.17) is 4.42 Å². The van der Waals surface area contributed by atoms with Gasteiger partial charge in [-0.05, 0) is 87.6 Å². The maximum atomic E-state index is 15.1. The van der Waals surface area contributed by atoms with Crippen LogP contribution in [0.25, 0.3) is 28.0 Å². The van der Waals surface area contributed by atoms with Crippen LogP contribution in [-0.4, -0.2) is 86.5 Å². The third-order valence-corrected chi connectivity index (χ3v) is 12.9. The molecule has 0 spiro atoms. The lowest BCUT2D eigenvalue weighted by atomic mass is 9.84. The quantitative estimate of drug-likeness (QED) is 0.165. The van der Waals surface area contributed by atoms with Crippen LogP contribution in [0.1, 0.15) is 70.3 Å². The number of fused-ring (bicyclic) bond motifs is 1. The molecule has 61 heavy (non-hydrogen) atoms. The Morgan fingerprint density at radius 2 is 1.70 bits per heavy atom. The molecule has 3 aliphatic heterocycles. The van der Waals surface area contributed by atoms with Gasteiger partial charge >= 0.3 is 5.76 Å². The summed E-state index contributed by atoms with van der Waals surface area (Å²) in [5, 5.41) is 9.05. The molecule has 3 aromatic heterocycles. The average Bonchev–Trinajstić information content (AvgIpc) is 3.60. The first kappa shape index (κ1) is 40.3. The molecule has 1 unspecified atom stereocenters. The molecule has 318 valence electrons. The predicted molar refractivity (Wildman–Crippen MR) is 227 cm³/mol. The number of nitrogens with one attached hydrogen (secondary N) is 3. The Bertz CT molecular complexity index is 2560. The monoisotopic (exact) mass is 831 g/mol. The van der Waals surface area contributed by atoms with Crippen molar-refractivity contribution in [2.45, 2.75) is 82.3 Å². The van der Waals surface area contributed by atoms with Gasteiger partial charge in [-0.3, -0.25) is 33.6 Å². The molecule has 16 heteroatoms. The van der Waals surface area contributed by atoms with Crippen molar-refractivity contribution in [1.29, 1.82) is 0 Å². The van der Waals surface area contributed by atoms with E-state index in [9.17, 15) is 24.0 Å². The van der Waals surface area contributed by atoms with Gasteiger partial charge in [-0.25, -0.2) is 19.2 Å². The van der Waals surface area contributed by atoms with E-state index in [2.05, 4.69) is 35.7 Å². The van der Waals surface area contributed by atoms with Gasteiger partial charge in [-0.2, -0.15) is 0 Å². The number of imide groups is 1. The molecule has 1 saturated carbocycles. The molecule has 9 rings (SSSR count). The first-order valence-corrected chi connectivity index (χ1v) is 21.5. The number of aromatic nitrogens is 4. The van der Waals surface area contributed by atoms with Gasteiger partial charge in [0.05, 0.1) is 11.7 Å². The van der Waals surface area contributed by atoms with Crippen molar-refractivity contribution in [1.82, 2.24) is 34.6 Å². The summed E-state index contributed by atoms with van der Waals surface area (Å²) in [6.07, 6.45) is 10.4. The Morgan fingerprint density at radius 3 is 2.51 bits per heavy atom. The molecule has 15 nitrogen and oxygen atoms in total. The Hall–Kier alpha value is -6.16. The summed E-state index contributed by atoms with van der Waals surface area (Å²) < 4.78 is 23.5. The van der Waals surface area contributed by atoms with Crippen molar-refractivity contribution in [3.63, 3.8) is 0 Å². The van der Waals surface area contributed by atoms with E-state index in [1.54, 1.807) is 42.6 Å². The van der Waals surface area contributed by atoms with E-state index in [0.717, 1.165) is 89.6 Å². The Labute approximate surface area is 351 Å². The molecular weight excluding hydrogens is 782 g/mol. The third kappa shape index (κ3) is 8.85. The molecule has 3 amide bonds. The highest BCUT2D eigenvalue weighted by Gasteiger charge is 2.33. The van der Waals surface area contributed by atoms with Gasteiger partial charge in [0.15, 0.2) is 11.4 Å². The fourth-order valence-corrected chi connectivity index (χ4v) is 9.59. The summed E-state index contributed by atoms with van der Waals surface area (Å²) >= 11 is 0. The molecule has 3 atom stereocenters. The third-order valence-electron chi connectivity index (χ3n) is 12.9. The van der Waals surface area contributed by atoms with Crippen molar-refractivity contribution in [3.05, 3.63) is 99.8 Å². The van der Waals surface area contributed by atoms with E-state index in [-0.39, 0.29) is 53.9 Å². The molecule has 4 aliphatic rings. The first-order chi connectivity index (χ1) is 29.6. The number of amides is 3. The molecule has 0 bridgehead atoms. The smallest absolute Gasteiger partial charge is 0.408 e. The lowest BCUT2D eigenvalue weighted by Crippen LogP contribution is -2.48. The summed E-state index contributed by atoms with van der Waals surface area (Å²) in [4.78, 5) is 76.4. The summed E-state index contributed by atoms with van der Waals surface area (Å²) in [6, 6.07) is 17.0. The number of carbonyl (C=O) groups is 3. The van der Waals surface area contributed by atoms with E-state index in [1.165, 1.54) is 15.2 Å². The summed E-state index contributed by atoms with van der Waals surface area (Å²) in [6.45, 7) is 4.68. The number of carbonyl (C=O) groups excluding carboxylic acids is 3. The molecule has 5 aromatic rings. The number of hydrogen-bond donors (Lipinski definition) is 3. The number of likely N-dealkylation sites (tertiary alicyclic amines) is 1. The molecule has 4 fully saturated rings. The van der Waals surface area contributed by atoms with Crippen LogP contribution in [0.5, 0.6) is 0 Å². The highest BCUT2D eigenvalue weighted by Crippen LogP contribution is 2.31. The van der Waals surface area contributed by atoms with E-state index >= 15 is 4.39 Å².